The smallest absolute Gasteiger partial charge is 0.130 e. The summed E-state index contributed by atoms with van der Waals surface area (Å²) in [5, 5.41) is 0.959. The number of aromatic nitrogens is 1. The SMILES string of the molecule is C=C/C=C(\C=C/C)c1cc(OC)c2ccc(OC)cc2n1. The predicted octanol–water partition coefficient (Wildman–Crippen LogP) is 4.40. The Hall–Kier alpha value is -2.55. The fraction of sp³-hybridized carbons (Fsp3) is 0.167. The molecule has 0 saturated carbocycles. The van der Waals surface area contributed by atoms with Crippen molar-refractivity contribution in [3.8, 4) is 11.5 Å². The second kappa shape index (κ2) is 6.75. The Morgan fingerprint density at radius 3 is 2.62 bits per heavy atom. The Balaban J connectivity index is 2.70. The zero-order valence-corrected chi connectivity index (χ0v) is 12.6. The Kier molecular flexibility index (Phi) is 4.77. The Bertz CT molecular complexity index is 714. The first-order valence-electron chi connectivity index (χ1n) is 6.72. The third kappa shape index (κ3) is 3.14. The molecule has 0 N–H and O–H groups in total. The molecule has 2 aromatic rings. The van der Waals surface area contributed by atoms with Gasteiger partial charge in [-0.05, 0) is 24.6 Å². The molecule has 21 heavy (non-hydrogen) atoms. The summed E-state index contributed by atoms with van der Waals surface area (Å²) in [7, 11) is 3.31. The van der Waals surface area contributed by atoms with E-state index >= 15 is 0 Å². The summed E-state index contributed by atoms with van der Waals surface area (Å²) in [4.78, 5) is 4.70. The van der Waals surface area contributed by atoms with Gasteiger partial charge in [-0.3, -0.25) is 0 Å². The van der Waals surface area contributed by atoms with Crippen LogP contribution >= 0.6 is 0 Å². The molecule has 0 amide bonds. The van der Waals surface area contributed by atoms with Gasteiger partial charge in [0, 0.05) is 17.5 Å². The van der Waals surface area contributed by atoms with Gasteiger partial charge in [-0.1, -0.05) is 30.9 Å². The molecule has 3 heteroatoms. The van der Waals surface area contributed by atoms with Crippen LogP contribution in [0.2, 0.25) is 0 Å². The quantitative estimate of drug-likeness (QED) is 0.761. The van der Waals surface area contributed by atoms with Crippen molar-refractivity contribution in [1.82, 2.24) is 4.98 Å². The highest BCUT2D eigenvalue weighted by molar-refractivity contribution is 5.89. The first-order valence-corrected chi connectivity index (χ1v) is 6.72. The number of methoxy groups -OCH3 is 2. The van der Waals surface area contributed by atoms with Crippen molar-refractivity contribution < 1.29 is 9.47 Å². The monoisotopic (exact) mass is 281 g/mol. The highest BCUT2D eigenvalue weighted by atomic mass is 16.5. The molecule has 0 unspecified atom stereocenters. The highest BCUT2D eigenvalue weighted by Crippen LogP contribution is 2.30. The van der Waals surface area contributed by atoms with E-state index in [0.717, 1.165) is 33.7 Å². The summed E-state index contributed by atoms with van der Waals surface area (Å²) in [6, 6.07) is 7.70. The molecule has 0 bridgehead atoms. The second-order valence-corrected chi connectivity index (χ2v) is 4.45. The van der Waals surface area contributed by atoms with Crippen LogP contribution in [0.4, 0.5) is 0 Å². The normalized spacial score (nSPS) is 11.9. The average molecular weight is 281 g/mol. The molecule has 0 aliphatic heterocycles. The fourth-order valence-electron chi connectivity index (χ4n) is 2.15. The van der Waals surface area contributed by atoms with E-state index in [9.17, 15) is 0 Å². The van der Waals surface area contributed by atoms with Crippen molar-refractivity contribution >= 4 is 16.5 Å². The number of allylic oxidation sites excluding steroid dienone is 5. The molecular weight excluding hydrogens is 262 g/mol. The van der Waals surface area contributed by atoms with E-state index in [2.05, 4.69) is 6.58 Å². The van der Waals surface area contributed by atoms with Crippen LogP contribution in [0.1, 0.15) is 12.6 Å². The molecule has 0 spiro atoms. The molecule has 1 aromatic heterocycles. The predicted molar refractivity (Wildman–Crippen MR) is 87.8 cm³/mol. The first kappa shape index (κ1) is 14.9. The van der Waals surface area contributed by atoms with Crippen LogP contribution in [0.5, 0.6) is 11.5 Å². The number of fused-ring (bicyclic) bond motifs is 1. The van der Waals surface area contributed by atoms with Crippen molar-refractivity contribution in [2.24, 2.45) is 0 Å². The summed E-state index contributed by atoms with van der Waals surface area (Å²) >= 11 is 0. The topological polar surface area (TPSA) is 31.4 Å². The van der Waals surface area contributed by atoms with E-state index in [0.29, 0.717) is 0 Å². The van der Waals surface area contributed by atoms with Crippen LogP contribution in [0.15, 0.2) is 55.1 Å². The number of pyridine rings is 1. The Morgan fingerprint density at radius 1 is 1.19 bits per heavy atom. The minimum absolute atomic E-state index is 0.773. The zero-order chi connectivity index (χ0) is 15.2. The summed E-state index contributed by atoms with van der Waals surface area (Å²) in [5.74, 6) is 1.56. The molecule has 108 valence electrons. The van der Waals surface area contributed by atoms with Crippen LogP contribution < -0.4 is 9.47 Å². The van der Waals surface area contributed by atoms with Crippen molar-refractivity contribution in [2.75, 3.05) is 14.2 Å². The summed E-state index contributed by atoms with van der Waals surface area (Å²) in [6.07, 6.45) is 7.64. The van der Waals surface area contributed by atoms with Gasteiger partial charge in [-0.15, -0.1) is 0 Å². The molecule has 1 aromatic carbocycles. The van der Waals surface area contributed by atoms with Crippen LogP contribution in [-0.4, -0.2) is 19.2 Å². The molecule has 2 rings (SSSR count). The first-order chi connectivity index (χ1) is 10.2. The minimum atomic E-state index is 0.773. The lowest BCUT2D eigenvalue weighted by atomic mass is 10.1. The van der Waals surface area contributed by atoms with E-state index in [-0.39, 0.29) is 0 Å². The van der Waals surface area contributed by atoms with Gasteiger partial charge in [0.15, 0.2) is 0 Å². The largest absolute Gasteiger partial charge is 0.497 e. The lowest BCUT2D eigenvalue weighted by Gasteiger charge is -2.10. The molecule has 0 radical (unpaired) electrons. The van der Waals surface area contributed by atoms with Gasteiger partial charge >= 0.3 is 0 Å². The summed E-state index contributed by atoms with van der Waals surface area (Å²) in [6.45, 7) is 5.72. The number of ether oxygens (including phenoxy) is 2. The maximum absolute atomic E-state index is 5.49. The molecule has 0 atom stereocenters. The minimum Gasteiger partial charge on any atom is -0.497 e. The fourth-order valence-corrected chi connectivity index (χ4v) is 2.15. The molecule has 0 aliphatic rings. The van der Waals surface area contributed by atoms with Gasteiger partial charge < -0.3 is 9.47 Å². The molecule has 1 heterocycles. The molecule has 0 fully saturated rings. The van der Waals surface area contributed by atoms with Crippen LogP contribution in [0.25, 0.3) is 16.5 Å². The summed E-state index contributed by atoms with van der Waals surface area (Å²) in [5.41, 5.74) is 2.66. The standard InChI is InChI=1S/C18H19NO2/c1-5-7-13(8-6-2)16-12-18(21-4)15-10-9-14(20-3)11-17(15)19-16/h5-12H,1H2,2-4H3/b8-6-,13-7+. The summed E-state index contributed by atoms with van der Waals surface area (Å²) < 4.78 is 10.8. The van der Waals surface area contributed by atoms with Crippen LogP contribution in [0.3, 0.4) is 0 Å². The Morgan fingerprint density at radius 2 is 2.00 bits per heavy atom. The Labute approximate surface area is 125 Å². The maximum Gasteiger partial charge on any atom is 0.130 e. The van der Waals surface area contributed by atoms with Gasteiger partial charge in [-0.25, -0.2) is 4.98 Å². The number of hydrogen-bond acceptors (Lipinski definition) is 3. The number of rotatable bonds is 5. The average Bonchev–Trinajstić information content (AvgIpc) is 2.52. The van der Waals surface area contributed by atoms with Crippen LogP contribution in [0, 0.1) is 0 Å². The molecule has 0 saturated heterocycles. The zero-order valence-electron chi connectivity index (χ0n) is 12.6. The van der Waals surface area contributed by atoms with Crippen molar-refractivity contribution in [1.29, 1.82) is 0 Å². The molecule has 0 aliphatic carbocycles. The van der Waals surface area contributed by atoms with E-state index in [4.69, 9.17) is 14.5 Å². The molecular formula is C18H19NO2. The van der Waals surface area contributed by atoms with Gasteiger partial charge in [0.05, 0.1) is 25.4 Å². The van der Waals surface area contributed by atoms with Crippen molar-refractivity contribution in [2.45, 2.75) is 6.92 Å². The number of hydrogen-bond donors (Lipinski definition) is 0. The third-order valence-electron chi connectivity index (χ3n) is 3.14. The van der Waals surface area contributed by atoms with E-state index in [1.807, 2.05) is 49.4 Å². The third-order valence-corrected chi connectivity index (χ3v) is 3.14. The lowest BCUT2D eigenvalue weighted by Crippen LogP contribution is -1.94. The lowest BCUT2D eigenvalue weighted by molar-refractivity contribution is 0.414. The number of nitrogens with zero attached hydrogens (tertiary/aromatic N) is 1. The van der Waals surface area contributed by atoms with Gasteiger partial charge in [0.1, 0.15) is 11.5 Å². The van der Waals surface area contributed by atoms with Gasteiger partial charge in [-0.2, -0.15) is 0 Å². The van der Waals surface area contributed by atoms with Crippen molar-refractivity contribution in [3.63, 3.8) is 0 Å². The van der Waals surface area contributed by atoms with Crippen molar-refractivity contribution in [3.05, 3.63) is 60.8 Å². The maximum atomic E-state index is 5.49. The van der Waals surface area contributed by atoms with E-state index in [1.165, 1.54) is 0 Å². The number of benzene rings is 1. The second-order valence-electron chi connectivity index (χ2n) is 4.45. The molecule has 3 nitrogen and oxygen atoms in total. The highest BCUT2D eigenvalue weighted by Gasteiger charge is 2.09. The van der Waals surface area contributed by atoms with E-state index < -0.39 is 0 Å². The van der Waals surface area contributed by atoms with E-state index in [1.54, 1.807) is 20.3 Å². The van der Waals surface area contributed by atoms with Crippen LogP contribution in [-0.2, 0) is 0 Å². The van der Waals surface area contributed by atoms with Gasteiger partial charge in [0.25, 0.3) is 0 Å². The van der Waals surface area contributed by atoms with Gasteiger partial charge in [0.2, 0.25) is 0 Å².